The number of benzene rings is 2. The average Bonchev–Trinajstić information content (AvgIpc) is 3.03. The Morgan fingerprint density at radius 1 is 1.17 bits per heavy atom. The number of thioether (sulfide) groups is 2. The first-order valence-electron chi connectivity index (χ1n) is 9.01. The predicted molar refractivity (Wildman–Crippen MR) is 121 cm³/mol. The van der Waals surface area contributed by atoms with E-state index in [4.69, 9.17) is 4.74 Å². The van der Waals surface area contributed by atoms with Gasteiger partial charge in [0.25, 0.3) is 5.91 Å². The lowest BCUT2D eigenvalue weighted by atomic mass is 10.2. The highest BCUT2D eigenvalue weighted by Gasteiger charge is 2.13. The molecule has 29 heavy (non-hydrogen) atoms. The van der Waals surface area contributed by atoms with E-state index in [2.05, 4.69) is 18.8 Å². The summed E-state index contributed by atoms with van der Waals surface area (Å²) >= 11 is 4.73. The van der Waals surface area contributed by atoms with Gasteiger partial charge in [0.2, 0.25) is 0 Å². The summed E-state index contributed by atoms with van der Waals surface area (Å²) < 4.78 is 7.53. The highest BCUT2D eigenvalue weighted by Crippen LogP contribution is 2.25. The molecule has 0 aliphatic heterocycles. The Balaban J connectivity index is 2.07. The Bertz CT molecular complexity index is 1120. The van der Waals surface area contributed by atoms with Crippen LogP contribution in [0.4, 0.5) is 0 Å². The minimum absolute atomic E-state index is 0.00443. The molecule has 0 unspecified atom stereocenters. The molecule has 0 aliphatic carbocycles. The van der Waals surface area contributed by atoms with Crippen molar-refractivity contribution in [2.45, 2.75) is 35.4 Å². The fraction of sp³-hybridized carbons (Fsp3) is 0.286. The molecule has 2 aromatic carbocycles. The second-order valence-electron chi connectivity index (χ2n) is 6.49. The Hall–Kier alpha value is -2.03. The SMILES string of the molecule is COC(=O)Cn1c(=NC(=O)c2cccc(SC(C)C)c2)sc2cc(SC)ccc21. The largest absolute Gasteiger partial charge is 0.468 e. The van der Waals surface area contributed by atoms with Gasteiger partial charge in [-0.3, -0.25) is 9.59 Å². The van der Waals surface area contributed by atoms with Gasteiger partial charge in [0.1, 0.15) is 6.54 Å². The molecule has 0 bridgehead atoms. The number of carbonyl (C=O) groups excluding carboxylic acids is 2. The number of hydrogen-bond acceptors (Lipinski definition) is 6. The van der Waals surface area contributed by atoms with Crippen LogP contribution in [-0.4, -0.2) is 35.1 Å². The molecule has 0 atom stereocenters. The average molecular weight is 447 g/mol. The Kier molecular flexibility index (Phi) is 7.21. The molecule has 1 heterocycles. The zero-order valence-electron chi connectivity index (χ0n) is 16.7. The molecule has 1 aromatic heterocycles. The smallest absolute Gasteiger partial charge is 0.325 e. The van der Waals surface area contributed by atoms with Gasteiger partial charge in [-0.15, -0.1) is 23.5 Å². The minimum Gasteiger partial charge on any atom is -0.468 e. The van der Waals surface area contributed by atoms with Crippen LogP contribution in [0.3, 0.4) is 0 Å². The third-order valence-corrected chi connectivity index (χ3v) is 6.82. The summed E-state index contributed by atoms with van der Waals surface area (Å²) in [5.74, 6) is -0.714. The standard InChI is InChI=1S/C21H22N2O3S3/c1-13(2)28-16-7-5-6-14(10-16)20(25)22-21-23(12-19(24)26-3)17-9-8-15(27-4)11-18(17)29-21/h5-11,13H,12H2,1-4H3. The maximum absolute atomic E-state index is 12.9. The van der Waals surface area contributed by atoms with Gasteiger partial charge >= 0.3 is 5.97 Å². The van der Waals surface area contributed by atoms with Crippen LogP contribution in [0.5, 0.6) is 0 Å². The van der Waals surface area contributed by atoms with Crippen LogP contribution in [0.25, 0.3) is 10.2 Å². The molecule has 0 fully saturated rings. The molecule has 5 nitrogen and oxygen atoms in total. The lowest BCUT2D eigenvalue weighted by Gasteiger charge is -2.06. The second kappa shape index (κ2) is 9.65. The summed E-state index contributed by atoms with van der Waals surface area (Å²) in [5, 5.41) is 0.424. The number of thiazole rings is 1. The lowest BCUT2D eigenvalue weighted by molar-refractivity contribution is -0.141. The predicted octanol–water partition coefficient (Wildman–Crippen LogP) is 4.84. The molecule has 0 saturated heterocycles. The number of ether oxygens (including phenoxy) is 1. The molecular formula is C21H22N2O3S3. The number of rotatable bonds is 6. The minimum atomic E-state index is -0.386. The maximum Gasteiger partial charge on any atom is 0.325 e. The van der Waals surface area contributed by atoms with E-state index in [9.17, 15) is 9.59 Å². The van der Waals surface area contributed by atoms with Crippen LogP contribution in [0.1, 0.15) is 24.2 Å². The van der Waals surface area contributed by atoms with E-state index in [1.165, 1.54) is 18.4 Å². The number of hydrogen-bond donors (Lipinski definition) is 0. The summed E-state index contributed by atoms with van der Waals surface area (Å²) in [4.78, 5) is 31.8. The number of fused-ring (bicyclic) bond motifs is 1. The number of amides is 1. The third-order valence-electron chi connectivity index (χ3n) is 4.05. The molecule has 0 radical (unpaired) electrons. The van der Waals surface area contributed by atoms with E-state index in [0.29, 0.717) is 15.6 Å². The summed E-state index contributed by atoms with van der Waals surface area (Å²) in [6.07, 6.45) is 2.01. The van der Waals surface area contributed by atoms with Crippen molar-refractivity contribution < 1.29 is 14.3 Å². The molecule has 3 aromatic rings. The second-order valence-corrected chi connectivity index (χ2v) is 10.0. The Morgan fingerprint density at radius 3 is 2.66 bits per heavy atom. The number of esters is 1. The molecule has 1 amide bonds. The van der Waals surface area contributed by atoms with E-state index in [1.807, 2.05) is 42.7 Å². The molecular weight excluding hydrogens is 424 g/mol. The Morgan fingerprint density at radius 2 is 1.97 bits per heavy atom. The topological polar surface area (TPSA) is 60.7 Å². The van der Waals surface area contributed by atoms with E-state index < -0.39 is 0 Å². The van der Waals surface area contributed by atoms with Crippen LogP contribution >= 0.6 is 34.9 Å². The lowest BCUT2D eigenvalue weighted by Crippen LogP contribution is -2.22. The van der Waals surface area contributed by atoms with Crippen LogP contribution < -0.4 is 4.80 Å². The molecule has 8 heteroatoms. The summed E-state index contributed by atoms with van der Waals surface area (Å²) in [6, 6.07) is 13.5. The van der Waals surface area contributed by atoms with Crippen molar-refractivity contribution >= 4 is 57.0 Å². The van der Waals surface area contributed by atoms with E-state index >= 15 is 0 Å². The molecule has 0 N–H and O–H groups in total. The van der Waals surface area contributed by atoms with Gasteiger partial charge in [-0.2, -0.15) is 4.99 Å². The zero-order valence-corrected chi connectivity index (χ0v) is 19.1. The van der Waals surface area contributed by atoms with Gasteiger partial charge in [0.05, 0.1) is 17.3 Å². The number of carbonyl (C=O) groups is 2. The number of nitrogens with zero attached hydrogens (tertiary/aromatic N) is 2. The van der Waals surface area contributed by atoms with Gasteiger partial charge in [-0.25, -0.2) is 0 Å². The fourth-order valence-electron chi connectivity index (χ4n) is 2.74. The highest BCUT2D eigenvalue weighted by atomic mass is 32.2. The van der Waals surface area contributed by atoms with Gasteiger partial charge in [-0.05, 0) is 42.7 Å². The van der Waals surface area contributed by atoms with Gasteiger partial charge < -0.3 is 9.30 Å². The van der Waals surface area contributed by atoms with E-state index in [0.717, 1.165) is 20.0 Å². The van der Waals surface area contributed by atoms with Crippen molar-refractivity contribution in [2.24, 2.45) is 4.99 Å². The first-order valence-corrected chi connectivity index (χ1v) is 11.9. The van der Waals surface area contributed by atoms with E-state index in [1.54, 1.807) is 34.2 Å². The first kappa shape index (κ1) is 21.7. The van der Waals surface area contributed by atoms with Crippen molar-refractivity contribution in [3.63, 3.8) is 0 Å². The number of aromatic nitrogens is 1. The van der Waals surface area contributed by atoms with Crippen molar-refractivity contribution in [3.8, 4) is 0 Å². The molecule has 0 spiro atoms. The fourth-order valence-corrected chi connectivity index (χ4v) is 5.22. The zero-order chi connectivity index (χ0) is 21.0. The summed E-state index contributed by atoms with van der Waals surface area (Å²) in [5.41, 5.74) is 1.39. The summed E-state index contributed by atoms with van der Waals surface area (Å²) in [6.45, 7) is 4.23. The van der Waals surface area contributed by atoms with Crippen LogP contribution in [0, 0.1) is 0 Å². The van der Waals surface area contributed by atoms with Crippen molar-refractivity contribution in [1.82, 2.24) is 4.57 Å². The molecule has 0 aliphatic rings. The van der Waals surface area contributed by atoms with Crippen molar-refractivity contribution in [2.75, 3.05) is 13.4 Å². The van der Waals surface area contributed by atoms with E-state index in [-0.39, 0.29) is 18.4 Å². The van der Waals surface area contributed by atoms with Gasteiger partial charge in [0.15, 0.2) is 4.80 Å². The molecule has 3 rings (SSSR count). The van der Waals surface area contributed by atoms with Crippen molar-refractivity contribution in [3.05, 3.63) is 52.8 Å². The van der Waals surface area contributed by atoms with Crippen LogP contribution in [0.15, 0.2) is 57.2 Å². The molecule has 0 saturated carbocycles. The van der Waals surface area contributed by atoms with Crippen LogP contribution in [0.2, 0.25) is 0 Å². The third kappa shape index (κ3) is 5.32. The number of methoxy groups -OCH3 is 1. The molecule has 152 valence electrons. The van der Waals surface area contributed by atoms with Crippen molar-refractivity contribution in [1.29, 1.82) is 0 Å². The van der Waals surface area contributed by atoms with Gasteiger partial charge in [0, 0.05) is 20.6 Å². The Labute approximate surface area is 182 Å². The highest BCUT2D eigenvalue weighted by molar-refractivity contribution is 8.00. The maximum atomic E-state index is 12.9. The van der Waals surface area contributed by atoms with Gasteiger partial charge in [-0.1, -0.05) is 31.3 Å². The monoisotopic (exact) mass is 446 g/mol. The first-order chi connectivity index (χ1) is 13.9. The normalized spacial score (nSPS) is 12.0. The van der Waals surface area contributed by atoms with Crippen LogP contribution in [-0.2, 0) is 16.1 Å². The summed E-state index contributed by atoms with van der Waals surface area (Å²) in [7, 11) is 1.35. The quantitative estimate of drug-likeness (QED) is 0.401.